The second-order valence-corrected chi connectivity index (χ2v) is 20.0. The van der Waals surface area contributed by atoms with E-state index in [1.165, 1.54) is 42.0 Å². The van der Waals surface area contributed by atoms with E-state index in [4.69, 9.17) is 24.0 Å². The highest BCUT2D eigenvalue weighted by Crippen LogP contribution is 2.47. The van der Waals surface area contributed by atoms with E-state index in [0.29, 0.717) is 23.2 Å². The third-order valence-electron chi connectivity index (χ3n) is 11.8. The monoisotopic (exact) mass is 939 g/mol. The van der Waals surface area contributed by atoms with Crippen LogP contribution in [0, 0.1) is 0 Å². The Hall–Kier alpha value is -5.97. The van der Waals surface area contributed by atoms with Gasteiger partial charge >= 0.3 is 5.97 Å². The molecule has 5 aromatic carbocycles. The Labute approximate surface area is 396 Å². The number of fused-ring (bicyclic) bond motifs is 1. The number of thiazole rings is 1. The normalized spacial score (nSPS) is 21.4. The number of hydrogen-bond donors (Lipinski definition) is 2. The van der Waals surface area contributed by atoms with Crippen LogP contribution in [0.2, 0.25) is 0 Å². The Bertz CT molecular complexity index is 2520. The fourth-order valence-corrected chi connectivity index (χ4v) is 12.3. The number of amides is 2. The maximum Gasteiger partial charge on any atom is 0.325 e. The van der Waals surface area contributed by atoms with Crippen LogP contribution in [0.3, 0.4) is 0 Å². The molecule has 0 radical (unpaired) electrons. The molecule has 0 aliphatic carbocycles. The van der Waals surface area contributed by atoms with Gasteiger partial charge in [-0.25, -0.2) is 4.98 Å². The number of nitrogens with zero attached hydrogens (tertiary/aromatic N) is 3. The maximum absolute atomic E-state index is 14.7. The molecule has 15 heteroatoms. The van der Waals surface area contributed by atoms with Crippen LogP contribution in [0.15, 0.2) is 162 Å². The number of carbonyl (C=O) groups is 3. The molecule has 1 aromatic heterocycles. The second kappa shape index (κ2) is 19.5. The number of rotatable bonds is 16. The van der Waals surface area contributed by atoms with Gasteiger partial charge in [-0.15, -0.1) is 34.9 Å². The summed E-state index contributed by atoms with van der Waals surface area (Å²) in [6, 6.07) is 48.8. The predicted octanol–water partition coefficient (Wildman–Crippen LogP) is 8.25. The van der Waals surface area contributed by atoms with Crippen molar-refractivity contribution in [3.8, 4) is 0 Å². The van der Waals surface area contributed by atoms with Gasteiger partial charge in [-0.3, -0.25) is 14.4 Å². The lowest BCUT2D eigenvalue weighted by molar-refractivity contribution is -0.155. The van der Waals surface area contributed by atoms with Gasteiger partial charge in [-0.2, -0.15) is 0 Å². The van der Waals surface area contributed by atoms with E-state index < -0.39 is 45.5 Å². The summed E-state index contributed by atoms with van der Waals surface area (Å²) in [6.45, 7) is 4.19. The summed E-state index contributed by atoms with van der Waals surface area (Å²) in [7, 11) is 1.36. The molecular formula is C51H49N5O7S3. The molecule has 12 nitrogen and oxygen atoms in total. The molecule has 2 N–H and O–H groups in total. The number of benzene rings is 5. The first-order valence-electron chi connectivity index (χ1n) is 21.6. The minimum atomic E-state index is -1.15. The van der Waals surface area contributed by atoms with E-state index in [9.17, 15) is 14.4 Å². The molecule has 4 atom stereocenters. The molecule has 0 spiro atoms. The molecule has 2 amide bonds. The summed E-state index contributed by atoms with van der Waals surface area (Å²) < 4.78 is 17.3. The Morgan fingerprint density at radius 1 is 0.864 bits per heavy atom. The first-order valence-corrected chi connectivity index (χ1v) is 24.5. The van der Waals surface area contributed by atoms with Crippen LogP contribution in [-0.4, -0.2) is 93.2 Å². The third-order valence-corrected chi connectivity index (χ3v) is 15.8. The van der Waals surface area contributed by atoms with Gasteiger partial charge in [-0.05, 0) is 41.7 Å². The van der Waals surface area contributed by atoms with E-state index in [1.807, 2.05) is 129 Å². The molecule has 3 aliphatic rings. The number of nitrogens with one attached hydrogen (secondary N) is 2. The number of esters is 1. The van der Waals surface area contributed by atoms with Gasteiger partial charge in [0.15, 0.2) is 22.7 Å². The van der Waals surface area contributed by atoms with E-state index in [1.54, 1.807) is 10.3 Å². The largest absolute Gasteiger partial charge is 0.451 e. The molecule has 66 heavy (non-hydrogen) atoms. The van der Waals surface area contributed by atoms with Crippen LogP contribution in [0.5, 0.6) is 0 Å². The topological polar surface area (TPSA) is 141 Å². The Balaban J connectivity index is 0.939. The molecule has 0 saturated carbocycles. The molecule has 0 bridgehead atoms. The summed E-state index contributed by atoms with van der Waals surface area (Å²) in [6.07, 6.45) is -0.933. The first-order chi connectivity index (χ1) is 32.1. The average Bonchev–Trinajstić information content (AvgIpc) is 3.98. The predicted molar refractivity (Wildman–Crippen MR) is 259 cm³/mol. The molecule has 3 unspecified atom stereocenters. The number of β-lactam (4-membered cyclic amide) rings is 1. The van der Waals surface area contributed by atoms with Crippen LogP contribution >= 0.6 is 34.9 Å². The molecule has 9 rings (SSSR count). The van der Waals surface area contributed by atoms with Crippen molar-refractivity contribution >= 4 is 63.5 Å². The molecule has 3 fully saturated rings. The SMILES string of the molecule is CON=C(C(=O)NC1C(=O)N2CC(SCC3COC(C)(C)O3)(C(=O)OC(c3ccccc3)c3ccccc3)CS[C@H]12)c1csc(NC(c2ccccc2)(c2ccccc2)c2ccccc2)n1. The molecule has 338 valence electrons. The van der Waals surface area contributed by atoms with Crippen molar-refractivity contribution in [3.05, 3.63) is 191 Å². The van der Waals surface area contributed by atoms with Crippen molar-refractivity contribution in [1.82, 2.24) is 15.2 Å². The van der Waals surface area contributed by atoms with E-state index in [2.05, 4.69) is 52.2 Å². The number of hydrogen-bond acceptors (Lipinski definition) is 13. The highest BCUT2D eigenvalue weighted by atomic mass is 32.2. The summed E-state index contributed by atoms with van der Waals surface area (Å²) in [5.41, 5.74) is 3.98. The van der Waals surface area contributed by atoms with Crippen LogP contribution in [0.1, 0.15) is 53.5 Å². The minimum Gasteiger partial charge on any atom is -0.451 e. The van der Waals surface area contributed by atoms with E-state index in [0.717, 1.165) is 27.8 Å². The van der Waals surface area contributed by atoms with Gasteiger partial charge in [0, 0.05) is 23.4 Å². The number of carbonyl (C=O) groups excluding carboxylic acids is 3. The van der Waals surface area contributed by atoms with Crippen molar-refractivity contribution in [2.75, 3.05) is 37.1 Å². The number of anilines is 1. The zero-order valence-electron chi connectivity index (χ0n) is 36.6. The first kappa shape index (κ1) is 45.2. The number of aromatic nitrogens is 1. The minimum absolute atomic E-state index is 0.0818. The molecule has 6 aromatic rings. The van der Waals surface area contributed by atoms with Gasteiger partial charge in [0.05, 0.1) is 12.7 Å². The molecule has 3 saturated heterocycles. The summed E-state index contributed by atoms with van der Waals surface area (Å²) in [5, 5.41) is 12.6. The standard InChI is InChI=1S/C51H49N5O7S3/c1-49(2)61-29-39(63-49)30-66-50(47(59)62-43(34-19-9-4-10-20-34)35-21-11-5-12-22-35)32-56-45(58)42(46(56)65-33-50)53-44(57)41(55-60-3)40-31-64-48(52-40)54-51(36-23-13-6-14-24-36,37-25-15-7-16-26-37)38-27-17-8-18-28-38/h4-28,31,39,42-43,46H,29-30,32-33H2,1-3H3,(H,52,54)(H,53,57)/t39?,42?,46-,50?/m1/s1. The lowest BCUT2D eigenvalue weighted by atomic mass is 9.77. The van der Waals surface area contributed by atoms with E-state index >= 15 is 0 Å². The molecular weight excluding hydrogens is 891 g/mol. The Morgan fingerprint density at radius 2 is 1.41 bits per heavy atom. The van der Waals surface area contributed by atoms with Gasteiger partial charge < -0.3 is 34.6 Å². The van der Waals surface area contributed by atoms with Gasteiger partial charge in [0.1, 0.15) is 34.5 Å². The maximum atomic E-state index is 14.7. The van der Waals surface area contributed by atoms with Crippen molar-refractivity contribution in [3.63, 3.8) is 0 Å². The van der Waals surface area contributed by atoms with Gasteiger partial charge in [-0.1, -0.05) is 157 Å². The quantitative estimate of drug-likeness (QED) is 0.0319. The fourth-order valence-electron chi connectivity index (χ4n) is 8.60. The summed E-state index contributed by atoms with van der Waals surface area (Å²) in [5.74, 6) is -1.36. The lowest BCUT2D eigenvalue weighted by Gasteiger charge is -2.54. The Morgan fingerprint density at radius 3 is 1.92 bits per heavy atom. The number of oxime groups is 1. The van der Waals surface area contributed by atoms with Gasteiger partial charge in [0.25, 0.3) is 5.91 Å². The van der Waals surface area contributed by atoms with Gasteiger partial charge in [0.2, 0.25) is 5.91 Å². The highest BCUT2D eigenvalue weighted by molar-refractivity contribution is 8.05. The van der Waals surface area contributed by atoms with Crippen LogP contribution in [0.4, 0.5) is 5.13 Å². The van der Waals surface area contributed by atoms with Crippen molar-refractivity contribution in [1.29, 1.82) is 0 Å². The molecule has 4 heterocycles. The zero-order valence-corrected chi connectivity index (χ0v) is 39.0. The van der Waals surface area contributed by atoms with Crippen LogP contribution < -0.4 is 10.6 Å². The lowest BCUT2D eigenvalue weighted by Crippen LogP contribution is -2.75. The Kier molecular flexibility index (Phi) is 13.3. The molecule has 3 aliphatic heterocycles. The smallest absolute Gasteiger partial charge is 0.325 e. The third kappa shape index (κ3) is 9.23. The second-order valence-electron chi connectivity index (χ2n) is 16.6. The average molecular weight is 940 g/mol. The van der Waals surface area contributed by atoms with Crippen LogP contribution in [-0.2, 0) is 39.0 Å². The van der Waals surface area contributed by atoms with Crippen molar-refractivity contribution in [2.24, 2.45) is 5.16 Å². The van der Waals surface area contributed by atoms with Crippen molar-refractivity contribution in [2.45, 2.75) is 53.5 Å². The van der Waals surface area contributed by atoms with Crippen molar-refractivity contribution < 1.29 is 33.4 Å². The zero-order chi connectivity index (χ0) is 45.7. The van der Waals surface area contributed by atoms with Crippen LogP contribution in [0.25, 0.3) is 0 Å². The number of thioether (sulfide) groups is 2. The summed E-state index contributed by atoms with van der Waals surface area (Å²) >= 11 is 4.18. The fraction of sp³-hybridized carbons (Fsp3) is 0.275. The number of ether oxygens (including phenoxy) is 3. The highest BCUT2D eigenvalue weighted by Gasteiger charge is 2.59. The van der Waals surface area contributed by atoms with E-state index in [-0.39, 0.29) is 30.0 Å². The summed E-state index contributed by atoms with van der Waals surface area (Å²) in [4.78, 5) is 54.8.